The second kappa shape index (κ2) is 5.96. The van der Waals surface area contributed by atoms with Gasteiger partial charge < -0.3 is 10.4 Å². The van der Waals surface area contributed by atoms with Crippen molar-refractivity contribution in [2.45, 2.75) is 38.1 Å². The second-order valence-corrected chi connectivity index (χ2v) is 6.36. The molecule has 1 aromatic carbocycles. The molecule has 0 saturated heterocycles. The van der Waals surface area contributed by atoms with Crippen LogP contribution in [0.2, 0.25) is 0 Å². The molecule has 0 spiro atoms. The Kier molecular flexibility index (Phi) is 4.06. The van der Waals surface area contributed by atoms with Gasteiger partial charge in [-0.3, -0.25) is 4.79 Å². The normalized spacial score (nSPS) is 29.4. The fourth-order valence-corrected chi connectivity index (χ4v) is 3.93. The maximum absolute atomic E-state index is 12.4. The highest BCUT2D eigenvalue weighted by atomic mass is 16.3. The van der Waals surface area contributed by atoms with E-state index in [0.717, 1.165) is 17.9 Å². The highest BCUT2D eigenvalue weighted by molar-refractivity contribution is 5.79. The minimum Gasteiger partial charge on any atom is -0.394 e. The molecule has 1 amide bonds. The Morgan fingerprint density at radius 2 is 2.05 bits per heavy atom. The number of amides is 1. The van der Waals surface area contributed by atoms with E-state index in [2.05, 4.69) is 5.32 Å². The topological polar surface area (TPSA) is 49.3 Å². The van der Waals surface area contributed by atoms with Crippen molar-refractivity contribution in [2.75, 3.05) is 6.61 Å². The molecule has 2 N–H and O–H groups in total. The minimum absolute atomic E-state index is 0.00144. The number of hydrogen-bond donors (Lipinski definition) is 2. The number of carbonyl (C=O) groups excluding carboxylic acids is 1. The maximum atomic E-state index is 12.4. The average molecular weight is 273 g/mol. The van der Waals surface area contributed by atoms with Crippen LogP contribution in [0.4, 0.5) is 0 Å². The first kappa shape index (κ1) is 13.6. The lowest BCUT2D eigenvalue weighted by molar-refractivity contribution is -0.127. The van der Waals surface area contributed by atoms with Crippen LogP contribution in [-0.2, 0) is 11.2 Å². The Morgan fingerprint density at radius 3 is 2.65 bits per heavy atom. The zero-order chi connectivity index (χ0) is 13.9. The van der Waals surface area contributed by atoms with Gasteiger partial charge >= 0.3 is 0 Å². The molecule has 2 fully saturated rings. The molecule has 20 heavy (non-hydrogen) atoms. The highest BCUT2D eigenvalue weighted by Gasteiger charge is 2.43. The molecule has 0 radical (unpaired) electrons. The van der Waals surface area contributed by atoms with Crippen molar-refractivity contribution in [3.63, 3.8) is 0 Å². The van der Waals surface area contributed by atoms with Crippen LogP contribution in [0.5, 0.6) is 0 Å². The van der Waals surface area contributed by atoms with Crippen LogP contribution < -0.4 is 5.32 Å². The largest absolute Gasteiger partial charge is 0.394 e. The predicted molar refractivity (Wildman–Crippen MR) is 78.1 cm³/mol. The molecule has 108 valence electrons. The van der Waals surface area contributed by atoms with Gasteiger partial charge in [0, 0.05) is 5.92 Å². The van der Waals surface area contributed by atoms with E-state index in [0.29, 0.717) is 12.3 Å². The molecule has 2 saturated carbocycles. The summed E-state index contributed by atoms with van der Waals surface area (Å²) in [5, 5.41) is 12.5. The fourth-order valence-electron chi connectivity index (χ4n) is 3.93. The molecule has 3 rings (SSSR count). The lowest BCUT2D eigenvalue weighted by Crippen LogP contribution is -2.43. The molecule has 2 bridgehead atoms. The van der Waals surface area contributed by atoms with Crippen LogP contribution in [0.3, 0.4) is 0 Å². The molecule has 1 aromatic rings. The van der Waals surface area contributed by atoms with E-state index < -0.39 is 0 Å². The van der Waals surface area contributed by atoms with Gasteiger partial charge in [0.15, 0.2) is 0 Å². The summed E-state index contributed by atoms with van der Waals surface area (Å²) in [6, 6.07) is 9.86. The molecule has 3 nitrogen and oxygen atoms in total. The summed E-state index contributed by atoms with van der Waals surface area (Å²) in [6.07, 6.45) is 5.51. The van der Waals surface area contributed by atoms with Crippen LogP contribution >= 0.6 is 0 Å². The summed E-state index contributed by atoms with van der Waals surface area (Å²) < 4.78 is 0. The summed E-state index contributed by atoms with van der Waals surface area (Å²) in [4.78, 5) is 12.4. The van der Waals surface area contributed by atoms with Gasteiger partial charge in [0.05, 0.1) is 12.6 Å². The van der Waals surface area contributed by atoms with Gasteiger partial charge in [0.25, 0.3) is 0 Å². The van der Waals surface area contributed by atoms with Gasteiger partial charge in [-0.05, 0) is 43.1 Å². The van der Waals surface area contributed by atoms with Crippen molar-refractivity contribution in [3.8, 4) is 0 Å². The summed E-state index contributed by atoms with van der Waals surface area (Å²) in [5.41, 5.74) is 1.15. The zero-order valence-electron chi connectivity index (χ0n) is 11.8. The molecular weight excluding hydrogens is 250 g/mol. The molecule has 0 aromatic heterocycles. The Morgan fingerprint density at radius 1 is 1.25 bits per heavy atom. The summed E-state index contributed by atoms with van der Waals surface area (Å²) in [6.45, 7) is 0.00144. The molecule has 3 unspecified atom stereocenters. The first-order valence-electron chi connectivity index (χ1n) is 7.71. The summed E-state index contributed by atoms with van der Waals surface area (Å²) >= 11 is 0. The molecule has 0 aliphatic heterocycles. The smallest absolute Gasteiger partial charge is 0.223 e. The highest BCUT2D eigenvalue weighted by Crippen LogP contribution is 2.48. The zero-order valence-corrected chi connectivity index (χ0v) is 11.8. The first-order valence-corrected chi connectivity index (χ1v) is 7.71. The van der Waals surface area contributed by atoms with Crippen molar-refractivity contribution in [2.24, 2.45) is 17.8 Å². The number of rotatable bonds is 5. The lowest BCUT2D eigenvalue weighted by Gasteiger charge is -2.24. The van der Waals surface area contributed by atoms with Crippen molar-refractivity contribution in [1.29, 1.82) is 0 Å². The standard InChI is InChI=1S/C17H23NO2/c19-11-15(9-12-4-2-1-3-5-12)18-17(20)16-10-13-6-7-14(16)8-13/h1-5,13-16,19H,6-11H2,(H,18,20)/t13?,14?,15-,16?/m0/s1. The van der Waals surface area contributed by atoms with E-state index in [1.165, 1.54) is 19.3 Å². The quantitative estimate of drug-likeness (QED) is 0.863. The summed E-state index contributed by atoms with van der Waals surface area (Å²) in [5.74, 6) is 1.72. The Bertz CT molecular complexity index is 459. The van der Waals surface area contributed by atoms with Crippen molar-refractivity contribution < 1.29 is 9.90 Å². The number of hydrogen-bond acceptors (Lipinski definition) is 2. The van der Waals surface area contributed by atoms with Crippen molar-refractivity contribution >= 4 is 5.91 Å². The van der Waals surface area contributed by atoms with E-state index >= 15 is 0 Å². The third kappa shape index (κ3) is 2.88. The lowest BCUT2D eigenvalue weighted by atomic mass is 9.88. The maximum Gasteiger partial charge on any atom is 0.223 e. The molecule has 4 atom stereocenters. The van der Waals surface area contributed by atoms with Gasteiger partial charge in [0.1, 0.15) is 0 Å². The third-order valence-electron chi connectivity index (χ3n) is 4.97. The van der Waals surface area contributed by atoms with Crippen LogP contribution in [0, 0.1) is 17.8 Å². The number of benzene rings is 1. The Labute approximate surface area is 120 Å². The van der Waals surface area contributed by atoms with E-state index in [-0.39, 0.29) is 24.5 Å². The predicted octanol–water partition coefficient (Wildman–Crippen LogP) is 2.14. The van der Waals surface area contributed by atoms with Gasteiger partial charge in [-0.15, -0.1) is 0 Å². The van der Waals surface area contributed by atoms with Crippen LogP contribution in [-0.4, -0.2) is 23.7 Å². The average Bonchev–Trinajstić information content (AvgIpc) is 3.10. The van der Waals surface area contributed by atoms with E-state index in [4.69, 9.17) is 0 Å². The third-order valence-corrected chi connectivity index (χ3v) is 4.97. The monoisotopic (exact) mass is 273 g/mol. The molecule has 2 aliphatic carbocycles. The van der Waals surface area contributed by atoms with E-state index in [1.807, 2.05) is 30.3 Å². The summed E-state index contributed by atoms with van der Waals surface area (Å²) in [7, 11) is 0. The van der Waals surface area contributed by atoms with Crippen LogP contribution in [0.15, 0.2) is 30.3 Å². The van der Waals surface area contributed by atoms with Crippen molar-refractivity contribution in [3.05, 3.63) is 35.9 Å². The number of aliphatic hydroxyl groups is 1. The Hall–Kier alpha value is -1.35. The Balaban J connectivity index is 1.56. The van der Waals surface area contributed by atoms with Gasteiger partial charge in [-0.25, -0.2) is 0 Å². The number of aliphatic hydroxyl groups excluding tert-OH is 1. The van der Waals surface area contributed by atoms with E-state index in [9.17, 15) is 9.90 Å². The fraction of sp³-hybridized carbons (Fsp3) is 0.588. The van der Waals surface area contributed by atoms with E-state index in [1.54, 1.807) is 0 Å². The first-order chi connectivity index (χ1) is 9.76. The molecule has 0 heterocycles. The van der Waals surface area contributed by atoms with Gasteiger partial charge in [-0.2, -0.15) is 0 Å². The SMILES string of the molecule is O=C(N[C@H](CO)Cc1ccccc1)C1CC2CCC1C2. The van der Waals surface area contributed by atoms with Gasteiger partial charge in [-0.1, -0.05) is 36.8 Å². The molecular formula is C17H23NO2. The number of nitrogens with one attached hydrogen (secondary N) is 1. The molecule has 2 aliphatic rings. The second-order valence-electron chi connectivity index (χ2n) is 6.36. The van der Waals surface area contributed by atoms with Crippen molar-refractivity contribution in [1.82, 2.24) is 5.32 Å². The van der Waals surface area contributed by atoms with Crippen LogP contribution in [0.1, 0.15) is 31.2 Å². The number of carbonyl (C=O) groups is 1. The minimum atomic E-state index is -0.163. The number of fused-ring (bicyclic) bond motifs is 2. The molecule has 3 heteroatoms. The van der Waals surface area contributed by atoms with Crippen LogP contribution in [0.25, 0.3) is 0 Å². The van der Waals surface area contributed by atoms with Gasteiger partial charge in [0.2, 0.25) is 5.91 Å².